The van der Waals surface area contributed by atoms with Crippen LogP contribution in [0.4, 0.5) is 14.9 Å². The lowest BCUT2D eigenvalue weighted by atomic mass is 10.1. The van der Waals surface area contributed by atoms with Crippen LogP contribution in [0, 0.1) is 5.82 Å². The number of urea groups is 1. The fraction of sp³-hybridized carbons (Fsp3) is 0.278. The van der Waals surface area contributed by atoms with Gasteiger partial charge in [0.15, 0.2) is 0 Å². The van der Waals surface area contributed by atoms with Crippen LogP contribution in [0.1, 0.15) is 25.8 Å². The van der Waals surface area contributed by atoms with Crippen molar-refractivity contribution in [3.8, 4) is 0 Å². The van der Waals surface area contributed by atoms with Crippen molar-refractivity contribution in [1.29, 1.82) is 0 Å². The maximum absolute atomic E-state index is 12.9. The van der Waals surface area contributed by atoms with Gasteiger partial charge < -0.3 is 10.2 Å². The Labute approximate surface area is 130 Å². The van der Waals surface area contributed by atoms with Crippen LogP contribution in [-0.2, 0) is 6.54 Å². The van der Waals surface area contributed by atoms with Crippen LogP contribution in [0.15, 0.2) is 54.6 Å². The van der Waals surface area contributed by atoms with Crippen molar-refractivity contribution < 1.29 is 9.18 Å². The van der Waals surface area contributed by atoms with E-state index in [1.54, 1.807) is 17.0 Å². The van der Waals surface area contributed by atoms with E-state index in [2.05, 4.69) is 5.32 Å². The van der Waals surface area contributed by atoms with Crippen molar-refractivity contribution in [3.63, 3.8) is 0 Å². The zero-order valence-electron chi connectivity index (χ0n) is 12.9. The summed E-state index contributed by atoms with van der Waals surface area (Å²) in [7, 11) is 0. The highest BCUT2D eigenvalue weighted by molar-refractivity contribution is 5.89. The summed E-state index contributed by atoms with van der Waals surface area (Å²) in [6.45, 7) is 4.61. The number of nitrogens with one attached hydrogen (secondary N) is 1. The van der Waals surface area contributed by atoms with E-state index in [0.29, 0.717) is 12.2 Å². The van der Waals surface area contributed by atoms with Crippen LogP contribution >= 0.6 is 0 Å². The Morgan fingerprint density at radius 2 is 1.77 bits per heavy atom. The molecule has 0 saturated carbocycles. The molecule has 0 aliphatic carbocycles. The highest BCUT2D eigenvalue weighted by Gasteiger charge is 2.19. The molecule has 3 nitrogen and oxygen atoms in total. The summed E-state index contributed by atoms with van der Waals surface area (Å²) in [5.74, 6) is -0.318. The predicted molar refractivity (Wildman–Crippen MR) is 87.2 cm³/mol. The van der Waals surface area contributed by atoms with Gasteiger partial charge in [0.25, 0.3) is 0 Å². The van der Waals surface area contributed by atoms with E-state index < -0.39 is 0 Å². The molecule has 0 radical (unpaired) electrons. The highest BCUT2D eigenvalue weighted by atomic mass is 19.1. The standard InChI is InChI=1S/C18H21FN2O/c1-3-14(2)21(13-15-7-5-4-6-8-15)18(22)20-17-11-9-16(19)10-12-17/h4-12,14H,3,13H2,1-2H3,(H,20,22). The first kappa shape index (κ1) is 16.0. The molecule has 1 atom stereocenters. The molecule has 0 aliphatic heterocycles. The molecule has 1 N–H and O–H groups in total. The fourth-order valence-electron chi connectivity index (χ4n) is 2.16. The van der Waals surface area contributed by atoms with Crippen LogP contribution in [-0.4, -0.2) is 17.0 Å². The Kier molecular flexibility index (Phi) is 5.53. The Bertz CT molecular complexity index is 598. The first-order valence-electron chi connectivity index (χ1n) is 7.47. The SMILES string of the molecule is CCC(C)N(Cc1ccccc1)C(=O)Nc1ccc(F)cc1. The summed E-state index contributed by atoms with van der Waals surface area (Å²) in [4.78, 5) is 14.3. The van der Waals surface area contributed by atoms with Crippen molar-refractivity contribution in [3.05, 3.63) is 66.0 Å². The van der Waals surface area contributed by atoms with Gasteiger partial charge in [-0.3, -0.25) is 0 Å². The second kappa shape index (κ2) is 7.59. The van der Waals surface area contributed by atoms with Crippen molar-refractivity contribution in [2.45, 2.75) is 32.9 Å². The second-order valence-corrected chi connectivity index (χ2v) is 5.31. The lowest BCUT2D eigenvalue weighted by Gasteiger charge is -2.29. The monoisotopic (exact) mass is 300 g/mol. The average Bonchev–Trinajstić information content (AvgIpc) is 2.55. The van der Waals surface area contributed by atoms with E-state index >= 15 is 0 Å². The fourth-order valence-corrected chi connectivity index (χ4v) is 2.16. The van der Waals surface area contributed by atoms with Crippen molar-refractivity contribution >= 4 is 11.7 Å². The third kappa shape index (κ3) is 4.32. The van der Waals surface area contributed by atoms with Gasteiger partial charge in [0.2, 0.25) is 0 Å². The Balaban J connectivity index is 2.10. The van der Waals surface area contributed by atoms with Gasteiger partial charge in [0.05, 0.1) is 0 Å². The van der Waals surface area contributed by atoms with Crippen LogP contribution in [0.5, 0.6) is 0 Å². The summed E-state index contributed by atoms with van der Waals surface area (Å²) in [6, 6.07) is 15.6. The Morgan fingerprint density at radius 1 is 1.14 bits per heavy atom. The Hall–Kier alpha value is -2.36. The first-order valence-corrected chi connectivity index (χ1v) is 7.47. The topological polar surface area (TPSA) is 32.3 Å². The third-order valence-corrected chi connectivity index (χ3v) is 3.67. The number of anilines is 1. The van der Waals surface area contributed by atoms with Gasteiger partial charge in [0, 0.05) is 18.3 Å². The summed E-state index contributed by atoms with van der Waals surface area (Å²) >= 11 is 0. The second-order valence-electron chi connectivity index (χ2n) is 5.31. The quantitative estimate of drug-likeness (QED) is 0.856. The molecule has 2 amide bonds. The van der Waals surface area contributed by atoms with Crippen molar-refractivity contribution in [1.82, 2.24) is 4.90 Å². The van der Waals surface area contributed by atoms with Gasteiger partial charge in [-0.15, -0.1) is 0 Å². The molecule has 116 valence electrons. The lowest BCUT2D eigenvalue weighted by Crippen LogP contribution is -2.40. The highest BCUT2D eigenvalue weighted by Crippen LogP contribution is 2.14. The summed E-state index contributed by atoms with van der Waals surface area (Å²) in [5.41, 5.74) is 1.67. The smallest absolute Gasteiger partial charge is 0.318 e. The van der Waals surface area contributed by atoms with Gasteiger partial charge in [-0.05, 0) is 43.2 Å². The zero-order valence-corrected chi connectivity index (χ0v) is 12.9. The van der Waals surface area contributed by atoms with Crippen molar-refractivity contribution in [2.75, 3.05) is 5.32 Å². The summed E-state index contributed by atoms with van der Waals surface area (Å²) in [5, 5.41) is 2.83. The van der Waals surface area contributed by atoms with E-state index in [1.807, 2.05) is 44.2 Å². The maximum atomic E-state index is 12.9. The lowest BCUT2D eigenvalue weighted by molar-refractivity contribution is 0.187. The minimum atomic E-state index is -0.318. The number of benzene rings is 2. The van der Waals surface area contributed by atoms with Gasteiger partial charge >= 0.3 is 6.03 Å². The zero-order chi connectivity index (χ0) is 15.9. The minimum Gasteiger partial charge on any atom is -0.318 e. The Morgan fingerprint density at radius 3 is 2.36 bits per heavy atom. The van der Waals surface area contributed by atoms with Gasteiger partial charge in [0.1, 0.15) is 5.82 Å². The number of amides is 2. The van der Waals surface area contributed by atoms with Gasteiger partial charge in [-0.1, -0.05) is 37.3 Å². The number of carbonyl (C=O) groups excluding carboxylic acids is 1. The van der Waals surface area contributed by atoms with Gasteiger partial charge in [-0.25, -0.2) is 9.18 Å². The molecule has 22 heavy (non-hydrogen) atoms. The molecule has 2 aromatic rings. The van der Waals surface area contributed by atoms with E-state index in [9.17, 15) is 9.18 Å². The largest absolute Gasteiger partial charge is 0.322 e. The number of halogens is 1. The van der Waals surface area contributed by atoms with Gasteiger partial charge in [-0.2, -0.15) is 0 Å². The normalized spacial score (nSPS) is 11.8. The van der Waals surface area contributed by atoms with Crippen LogP contribution in [0.2, 0.25) is 0 Å². The number of rotatable bonds is 5. The molecule has 2 aromatic carbocycles. The molecule has 0 saturated heterocycles. The summed E-state index contributed by atoms with van der Waals surface area (Å²) in [6.07, 6.45) is 0.865. The average molecular weight is 300 g/mol. The molecule has 0 heterocycles. The molecule has 0 fully saturated rings. The van der Waals surface area contributed by atoms with Crippen LogP contribution in [0.25, 0.3) is 0 Å². The molecule has 0 spiro atoms. The van der Waals surface area contributed by atoms with E-state index in [1.165, 1.54) is 12.1 Å². The molecule has 0 bridgehead atoms. The van der Waals surface area contributed by atoms with E-state index in [0.717, 1.165) is 12.0 Å². The molecule has 2 rings (SSSR count). The number of hydrogen-bond donors (Lipinski definition) is 1. The van der Waals surface area contributed by atoms with Crippen LogP contribution in [0.3, 0.4) is 0 Å². The number of hydrogen-bond acceptors (Lipinski definition) is 1. The van der Waals surface area contributed by atoms with Crippen LogP contribution < -0.4 is 5.32 Å². The molecule has 0 aliphatic rings. The van der Waals surface area contributed by atoms with E-state index in [-0.39, 0.29) is 17.9 Å². The predicted octanol–water partition coefficient (Wildman–Crippen LogP) is 4.66. The van der Waals surface area contributed by atoms with E-state index in [4.69, 9.17) is 0 Å². The molecule has 1 unspecified atom stereocenters. The minimum absolute atomic E-state index is 0.112. The number of carbonyl (C=O) groups is 1. The molecule has 0 aromatic heterocycles. The maximum Gasteiger partial charge on any atom is 0.322 e. The third-order valence-electron chi connectivity index (χ3n) is 3.67. The molecular weight excluding hydrogens is 279 g/mol. The summed E-state index contributed by atoms with van der Waals surface area (Å²) < 4.78 is 12.9. The number of nitrogens with zero attached hydrogens (tertiary/aromatic N) is 1. The first-order chi connectivity index (χ1) is 10.6. The molecule has 4 heteroatoms. The van der Waals surface area contributed by atoms with Crippen molar-refractivity contribution in [2.24, 2.45) is 0 Å². The molecular formula is C18H21FN2O.